The van der Waals surface area contributed by atoms with Gasteiger partial charge in [-0.05, 0) is 0 Å². The van der Waals surface area contributed by atoms with Crippen LogP contribution in [0.3, 0.4) is 0 Å². The number of rotatable bonds is 8. The van der Waals surface area contributed by atoms with Gasteiger partial charge in [-0.15, -0.1) is 0 Å². The Balaban J connectivity index is 1.55. The fourth-order valence-electron chi connectivity index (χ4n) is 3.58. The molecular formula is C20H30O10Se2. The van der Waals surface area contributed by atoms with E-state index in [4.69, 9.17) is 9.47 Å². The van der Waals surface area contributed by atoms with Crippen LogP contribution in [0, 0.1) is 0 Å². The molecule has 0 amide bonds. The zero-order chi connectivity index (χ0) is 23.4. The number of ether oxygens (including phenoxy) is 2. The van der Waals surface area contributed by atoms with Crippen molar-refractivity contribution in [2.75, 3.05) is 13.2 Å². The van der Waals surface area contributed by atoms with Crippen LogP contribution in [0.5, 0.6) is 0 Å². The van der Waals surface area contributed by atoms with Crippen LogP contribution in [-0.2, 0) is 20.1 Å². The number of hydrogen-bond donors (Lipinski definition) is 8. The van der Waals surface area contributed by atoms with Gasteiger partial charge in [-0.3, -0.25) is 0 Å². The predicted octanol–water partition coefficient (Wildman–Crippen LogP) is -4.31. The molecule has 0 unspecified atom stereocenters. The van der Waals surface area contributed by atoms with E-state index in [0.717, 1.165) is 11.1 Å². The van der Waals surface area contributed by atoms with E-state index in [1.807, 2.05) is 24.3 Å². The molecule has 2 fully saturated rings. The molecule has 2 heterocycles. The quantitative estimate of drug-likeness (QED) is 0.139. The Kier molecular flexibility index (Phi) is 9.93. The molecule has 3 rings (SSSR count). The van der Waals surface area contributed by atoms with Crippen LogP contribution in [-0.4, -0.2) is 143 Å². The first-order valence-electron chi connectivity index (χ1n) is 10.2. The van der Waals surface area contributed by atoms with Crippen molar-refractivity contribution in [2.24, 2.45) is 0 Å². The van der Waals surface area contributed by atoms with Gasteiger partial charge in [0.1, 0.15) is 0 Å². The molecule has 32 heavy (non-hydrogen) atoms. The van der Waals surface area contributed by atoms with Crippen molar-refractivity contribution in [3.63, 3.8) is 0 Å². The molecule has 2 aliphatic heterocycles. The van der Waals surface area contributed by atoms with Gasteiger partial charge in [0.15, 0.2) is 0 Å². The van der Waals surface area contributed by atoms with Crippen molar-refractivity contribution in [2.45, 2.75) is 69.5 Å². The second kappa shape index (κ2) is 12.0. The van der Waals surface area contributed by atoms with Gasteiger partial charge in [-0.1, -0.05) is 0 Å². The van der Waals surface area contributed by atoms with Crippen molar-refractivity contribution in [3.05, 3.63) is 35.4 Å². The van der Waals surface area contributed by atoms with Crippen LogP contribution in [0.4, 0.5) is 0 Å². The molecule has 8 N–H and O–H groups in total. The molecule has 10 atom stereocenters. The molecular weight excluding hydrogens is 558 g/mol. The molecule has 12 heteroatoms. The summed E-state index contributed by atoms with van der Waals surface area (Å²) in [5.74, 6) is 0. The average Bonchev–Trinajstić information content (AvgIpc) is 2.80. The monoisotopic (exact) mass is 590 g/mol. The van der Waals surface area contributed by atoms with Crippen LogP contribution in [0.25, 0.3) is 0 Å². The summed E-state index contributed by atoms with van der Waals surface area (Å²) < 4.78 is 11.1. The summed E-state index contributed by atoms with van der Waals surface area (Å²) in [6, 6.07) is 7.72. The number of aliphatic hydroxyl groups excluding tert-OH is 8. The van der Waals surface area contributed by atoms with Crippen LogP contribution < -0.4 is 0 Å². The summed E-state index contributed by atoms with van der Waals surface area (Å²) in [7, 11) is 0. The molecule has 0 aromatic heterocycles. The average molecular weight is 588 g/mol. The summed E-state index contributed by atoms with van der Waals surface area (Å²) in [4.78, 5) is 0. The van der Waals surface area contributed by atoms with E-state index >= 15 is 0 Å². The molecule has 0 aliphatic carbocycles. The van der Waals surface area contributed by atoms with E-state index in [9.17, 15) is 40.9 Å². The molecule has 2 saturated heterocycles. The Morgan fingerprint density at radius 3 is 1.41 bits per heavy atom. The Labute approximate surface area is 198 Å². The Bertz CT molecular complexity index is 668. The van der Waals surface area contributed by atoms with Crippen molar-refractivity contribution < 1.29 is 50.3 Å². The zero-order valence-corrected chi connectivity index (χ0v) is 20.5. The van der Waals surface area contributed by atoms with Gasteiger partial charge in [0.2, 0.25) is 0 Å². The molecule has 0 saturated carbocycles. The van der Waals surface area contributed by atoms with Crippen molar-refractivity contribution >= 4 is 29.9 Å². The van der Waals surface area contributed by atoms with Gasteiger partial charge in [-0.25, -0.2) is 0 Å². The minimum atomic E-state index is -1.37. The summed E-state index contributed by atoms with van der Waals surface area (Å²) in [6.07, 6.45) is -9.76. The summed E-state index contributed by atoms with van der Waals surface area (Å²) in [5, 5.41) is 78.5. The number of benzene rings is 1. The Morgan fingerprint density at radius 1 is 0.625 bits per heavy atom. The second-order valence-electron chi connectivity index (χ2n) is 7.84. The van der Waals surface area contributed by atoms with Crippen LogP contribution >= 0.6 is 0 Å². The third-order valence-electron chi connectivity index (χ3n) is 5.52. The Morgan fingerprint density at radius 2 is 1.03 bits per heavy atom. The molecule has 0 spiro atoms. The van der Waals surface area contributed by atoms with Gasteiger partial charge >= 0.3 is 198 Å². The van der Waals surface area contributed by atoms with E-state index in [-0.39, 0.29) is 29.9 Å². The van der Waals surface area contributed by atoms with Crippen LogP contribution in [0.1, 0.15) is 11.1 Å². The molecule has 1 aromatic rings. The number of aliphatic hydroxyl groups is 8. The van der Waals surface area contributed by atoms with Gasteiger partial charge in [0, 0.05) is 0 Å². The first kappa shape index (κ1) is 26.5. The standard InChI is InChI=1S/C20H30O10Se2/c21-5-11-13(23)15(25)17(27)19(29-11)31-7-9-2-1-3-10(4-9)8-32-20-18(28)16(26)14(24)12(6-22)30-20/h1-4,11-28H,5-8H2/t11-,12-,13+,14+,15+,16+,17-,18-,19+,20+/m1/s1. The number of hydrogen-bond acceptors (Lipinski definition) is 10. The normalized spacial score (nSPS) is 40.4. The van der Waals surface area contributed by atoms with E-state index < -0.39 is 72.1 Å². The first-order chi connectivity index (χ1) is 15.3. The fourth-order valence-corrected chi connectivity index (χ4v) is 8.26. The molecule has 10 nitrogen and oxygen atoms in total. The molecule has 0 radical (unpaired) electrons. The minimum absolute atomic E-state index is 0.269. The fraction of sp³-hybridized carbons (Fsp3) is 0.700. The summed E-state index contributed by atoms with van der Waals surface area (Å²) in [5.41, 5.74) is 1.98. The Hall–Kier alpha value is -0.141. The molecule has 0 bridgehead atoms. The van der Waals surface area contributed by atoms with Crippen molar-refractivity contribution in [1.29, 1.82) is 0 Å². The van der Waals surface area contributed by atoms with Crippen LogP contribution in [0.2, 0.25) is 0 Å². The third kappa shape index (κ3) is 6.10. The van der Waals surface area contributed by atoms with Gasteiger partial charge in [0.25, 0.3) is 0 Å². The SMILES string of the molecule is OC[C@H]1O[C@@H]([Se]Cc2cccc(C[Se][C@@H]3O[C@H](CO)[C@H](O)[C@H](O)[C@H]3O)c2)[C@H](O)[C@@H](O)[C@H]1O. The maximum atomic E-state index is 10.2. The van der Waals surface area contributed by atoms with E-state index in [2.05, 4.69) is 0 Å². The van der Waals surface area contributed by atoms with Crippen molar-refractivity contribution in [1.82, 2.24) is 0 Å². The van der Waals surface area contributed by atoms with Crippen LogP contribution in [0.15, 0.2) is 24.3 Å². The summed E-state index contributed by atoms with van der Waals surface area (Å²) >= 11 is -0.538. The van der Waals surface area contributed by atoms with Crippen molar-refractivity contribution in [3.8, 4) is 0 Å². The first-order valence-corrected chi connectivity index (χ1v) is 14.6. The van der Waals surface area contributed by atoms with E-state index in [1.54, 1.807) is 0 Å². The summed E-state index contributed by atoms with van der Waals surface area (Å²) in [6.45, 7) is -0.903. The third-order valence-corrected chi connectivity index (χ3v) is 10.6. The predicted molar refractivity (Wildman–Crippen MR) is 113 cm³/mol. The van der Waals surface area contributed by atoms with Gasteiger partial charge < -0.3 is 0 Å². The zero-order valence-electron chi connectivity index (χ0n) is 17.1. The topological polar surface area (TPSA) is 180 Å². The van der Waals surface area contributed by atoms with Gasteiger partial charge in [-0.2, -0.15) is 0 Å². The van der Waals surface area contributed by atoms with E-state index in [1.165, 1.54) is 0 Å². The van der Waals surface area contributed by atoms with E-state index in [0.29, 0.717) is 10.6 Å². The maximum absolute atomic E-state index is 10.2. The molecule has 182 valence electrons. The molecule has 1 aromatic carbocycles. The van der Waals surface area contributed by atoms with Gasteiger partial charge in [0.05, 0.1) is 0 Å². The molecule has 2 aliphatic rings. The second-order valence-corrected chi connectivity index (χ2v) is 12.4.